The fourth-order valence-electron chi connectivity index (χ4n) is 2.09. The van der Waals surface area contributed by atoms with Crippen molar-refractivity contribution in [2.75, 3.05) is 93.3 Å². The number of hydrogen-bond donors (Lipinski definition) is 0. The minimum Gasteiger partial charge on any atom is -0.378 e. The Kier molecular flexibility index (Phi) is 15.8. The molecular formula is C20H35NO8S. The van der Waals surface area contributed by atoms with Gasteiger partial charge < -0.3 is 28.6 Å². The van der Waals surface area contributed by atoms with Gasteiger partial charge in [0.1, 0.15) is 0 Å². The highest BCUT2D eigenvalue weighted by Gasteiger charge is 2.13. The summed E-state index contributed by atoms with van der Waals surface area (Å²) in [4.78, 5) is 2.20. The first-order chi connectivity index (χ1) is 14.5. The highest BCUT2D eigenvalue weighted by atomic mass is 32.2. The lowest BCUT2D eigenvalue weighted by Gasteiger charge is -2.10. The van der Waals surface area contributed by atoms with Crippen LogP contribution in [-0.4, -0.2) is 107 Å². The molecule has 9 nitrogen and oxygen atoms in total. The summed E-state index contributed by atoms with van der Waals surface area (Å²) < 4.78 is 55.5. The molecule has 1 aromatic carbocycles. The van der Waals surface area contributed by atoms with E-state index in [4.69, 9.17) is 27.9 Å². The zero-order chi connectivity index (χ0) is 21.9. The van der Waals surface area contributed by atoms with Crippen LogP contribution in [0.4, 0.5) is 0 Å². The molecule has 0 aliphatic rings. The summed E-state index contributed by atoms with van der Waals surface area (Å²) in [6, 6.07) is 8.00. The van der Waals surface area contributed by atoms with E-state index in [2.05, 4.69) is 4.90 Å². The van der Waals surface area contributed by atoms with E-state index in [9.17, 15) is 8.42 Å². The molecule has 0 N–H and O–H groups in total. The van der Waals surface area contributed by atoms with Crippen LogP contribution in [0.1, 0.15) is 0 Å². The minimum absolute atomic E-state index is 0.0406. The monoisotopic (exact) mass is 449 g/mol. The first-order valence-corrected chi connectivity index (χ1v) is 11.4. The van der Waals surface area contributed by atoms with Crippen LogP contribution >= 0.6 is 0 Å². The summed E-state index contributed by atoms with van der Waals surface area (Å²) in [5.74, 6) is 0. The second-order valence-corrected chi connectivity index (χ2v) is 8.07. The molecule has 0 bridgehead atoms. The third-order valence-electron chi connectivity index (χ3n) is 3.67. The third kappa shape index (κ3) is 14.8. The number of nitrogens with zero attached hydrogens (tertiary/aromatic N) is 1. The van der Waals surface area contributed by atoms with Crippen LogP contribution in [0.15, 0.2) is 35.2 Å². The van der Waals surface area contributed by atoms with Crippen molar-refractivity contribution in [2.45, 2.75) is 4.90 Å². The SMILES string of the molecule is CN(C)CCOCCOCCOCCOCCOCCOS(=O)(=O)c1ccccc1. The lowest BCUT2D eigenvalue weighted by Crippen LogP contribution is -2.19. The Morgan fingerprint density at radius 3 is 1.47 bits per heavy atom. The predicted octanol–water partition coefficient (Wildman–Crippen LogP) is 1.04. The van der Waals surface area contributed by atoms with Crippen molar-refractivity contribution >= 4 is 10.1 Å². The van der Waals surface area contributed by atoms with Gasteiger partial charge in [-0.05, 0) is 26.2 Å². The molecule has 1 rings (SSSR count). The van der Waals surface area contributed by atoms with Crippen molar-refractivity contribution in [2.24, 2.45) is 0 Å². The van der Waals surface area contributed by atoms with Crippen molar-refractivity contribution in [3.05, 3.63) is 30.3 Å². The zero-order valence-electron chi connectivity index (χ0n) is 18.0. The average molecular weight is 450 g/mol. The van der Waals surface area contributed by atoms with Gasteiger partial charge in [0.2, 0.25) is 0 Å². The summed E-state index contributed by atoms with van der Waals surface area (Å²) in [7, 11) is 0.281. The van der Waals surface area contributed by atoms with Gasteiger partial charge in [-0.3, -0.25) is 4.18 Å². The van der Waals surface area contributed by atoms with Crippen LogP contribution in [0.5, 0.6) is 0 Å². The quantitative estimate of drug-likeness (QED) is 0.214. The largest absolute Gasteiger partial charge is 0.378 e. The van der Waals surface area contributed by atoms with Crippen LogP contribution in [0, 0.1) is 0 Å². The van der Waals surface area contributed by atoms with Gasteiger partial charge in [-0.2, -0.15) is 8.42 Å². The molecule has 0 aliphatic carbocycles. The first-order valence-electron chi connectivity index (χ1n) is 10.0. The number of likely N-dealkylation sites (N-methyl/N-ethyl adjacent to an activating group) is 1. The van der Waals surface area contributed by atoms with Crippen molar-refractivity contribution in [1.29, 1.82) is 0 Å². The Morgan fingerprint density at radius 1 is 0.633 bits per heavy atom. The van der Waals surface area contributed by atoms with E-state index in [0.717, 1.165) is 6.54 Å². The number of benzene rings is 1. The summed E-state index contributed by atoms with van der Waals surface area (Å²) >= 11 is 0. The molecule has 0 unspecified atom stereocenters. The molecule has 0 saturated carbocycles. The molecule has 0 fully saturated rings. The molecule has 0 radical (unpaired) electrons. The van der Waals surface area contributed by atoms with E-state index in [-0.39, 0.29) is 18.1 Å². The fraction of sp³-hybridized carbons (Fsp3) is 0.700. The van der Waals surface area contributed by atoms with Gasteiger partial charge in [-0.25, -0.2) is 0 Å². The van der Waals surface area contributed by atoms with Crippen molar-refractivity contribution in [1.82, 2.24) is 4.90 Å². The van der Waals surface area contributed by atoms with Crippen molar-refractivity contribution in [3.63, 3.8) is 0 Å². The van der Waals surface area contributed by atoms with Crippen LogP contribution in [0.3, 0.4) is 0 Å². The van der Waals surface area contributed by atoms with Gasteiger partial charge in [0.05, 0.1) is 77.6 Å². The Balaban J connectivity index is 1.80. The van der Waals surface area contributed by atoms with Crippen molar-refractivity contribution in [3.8, 4) is 0 Å². The van der Waals surface area contributed by atoms with Crippen LogP contribution < -0.4 is 0 Å². The predicted molar refractivity (Wildman–Crippen MR) is 112 cm³/mol. The maximum atomic E-state index is 11.9. The van der Waals surface area contributed by atoms with Gasteiger partial charge in [0.25, 0.3) is 10.1 Å². The number of ether oxygens (including phenoxy) is 5. The van der Waals surface area contributed by atoms with E-state index < -0.39 is 10.1 Å². The van der Waals surface area contributed by atoms with Crippen LogP contribution in [0.25, 0.3) is 0 Å². The third-order valence-corrected chi connectivity index (χ3v) is 5.00. The smallest absolute Gasteiger partial charge is 0.297 e. The molecular weight excluding hydrogens is 414 g/mol. The Labute approximate surface area is 180 Å². The second kappa shape index (κ2) is 17.6. The maximum absolute atomic E-state index is 11.9. The number of rotatable bonds is 20. The molecule has 10 heteroatoms. The molecule has 1 aromatic rings. The van der Waals surface area contributed by atoms with Crippen molar-refractivity contribution < 1.29 is 36.3 Å². The fourth-order valence-corrected chi connectivity index (χ4v) is 3.00. The molecule has 0 aromatic heterocycles. The van der Waals surface area contributed by atoms with E-state index in [1.54, 1.807) is 18.2 Å². The molecule has 0 aliphatic heterocycles. The Hall–Kier alpha value is -1.11. The van der Waals surface area contributed by atoms with E-state index >= 15 is 0 Å². The van der Waals surface area contributed by atoms with Gasteiger partial charge >= 0.3 is 0 Å². The molecule has 30 heavy (non-hydrogen) atoms. The maximum Gasteiger partial charge on any atom is 0.297 e. The minimum atomic E-state index is -3.73. The Bertz CT molecular complexity index is 612. The molecule has 0 atom stereocenters. The molecule has 0 heterocycles. The van der Waals surface area contributed by atoms with Crippen LogP contribution in [0.2, 0.25) is 0 Å². The molecule has 0 amide bonds. The summed E-state index contributed by atoms with van der Waals surface area (Å²) in [6.07, 6.45) is 0. The zero-order valence-corrected chi connectivity index (χ0v) is 18.8. The first kappa shape index (κ1) is 26.9. The normalized spacial score (nSPS) is 12.0. The van der Waals surface area contributed by atoms with E-state index in [1.165, 1.54) is 12.1 Å². The lowest BCUT2D eigenvalue weighted by molar-refractivity contribution is -0.0131. The highest BCUT2D eigenvalue weighted by molar-refractivity contribution is 7.86. The highest BCUT2D eigenvalue weighted by Crippen LogP contribution is 2.10. The summed E-state index contributed by atoms with van der Waals surface area (Å²) in [5.41, 5.74) is 0. The van der Waals surface area contributed by atoms with Crippen LogP contribution in [-0.2, 0) is 38.0 Å². The van der Waals surface area contributed by atoms with Gasteiger partial charge in [0, 0.05) is 6.54 Å². The summed E-state index contributed by atoms with van der Waals surface area (Å²) in [6.45, 7) is 5.57. The van der Waals surface area contributed by atoms with E-state index in [1.807, 2.05) is 14.1 Å². The molecule has 174 valence electrons. The second-order valence-electron chi connectivity index (χ2n) is 6.45. The van der Waals surface area contributed by atoms with Gasteiger partial charge in [0.15, 0.2) is 0 Å². The topological polar surface area (TPSA) is 92.8 Å². The van der Waals surface area contributed by atoms with Gasteiger partial charge in [-0.1, -0.05) is 18.2 Å². The summed E-state index contributed by atoms with van der Waals surface area (Å²) in [5, 5.41) is 0. The lowest BCUT2D eigenvalue weighted by atomic mass is 10.4. The Morgan fingerprint density at radius 2 is 1.03 bits per heavy atom. The molecule has 0 saturated heterocycles. The molecule has 0 spiro atoms. The standard InChI is InChI=1S/C20H35NO8S/c1-21(2)8-9-24-10-11-25-12-13-26-14-15-27-16-17-28-18-19-29-30(22,23)20-6-4-3-5-7-20/h3-7H,8-19H2,1-2H3. The van der Waals surface area contributed by atoms with Gasteiger partial charge in [-0.15, -0.1) is 0 Å². The van der Waals surface area contributed by atoms with E-state index in [0.29, 0.717) is 59.5 Å². The number of hydrogen-bond acceptors (Lipinski definition) is 9. The average Bonchev–Trinajstić information content (AvgIpc) is 2.73.